The number of carboxylic acid groups (broad SMARTS) is 1. The van der Waals surface area contributed by atoms with Gasteiger partial charge in [-0.25, -0.2) is 26.9 Å². The van der Waals surface area contributed by atoms with Gasteiger partial charge in [0, 0.05) is 16.7 Å². The summed E-state index contributed by atoms with van der Waals surface area (Å²) in [4.78, 5) is 24.4. The van der Waals surface area contributed by atoms with E-state index in [-0.39, 0.29) is 0 Å². The number of anilines is 3. The second-order valence-electron chi connectivity index (χ2n) is 6.15. The van der Waals surface area contributed by atoms with Crippen LogP contribution in [0.4, 0.5) is 30.8 Å². The maximum Gasteiger partial charge on any atom is 0.417 e. The molecule has 1 aromatic heterocycles. The standard InChI is InChI=1S/C16H14F2IN3O5S/c1-21-14(22(16(24)25)13-5-2-8(19)6-10(13)17)12(7-11(18)15(21)23)20-28(26,27)9-3-4-9/h2,5-7,9,20H,3-4H2,1H3,(H,24,25). The summed E-state index contributed by atoms with van der Waals surface area (Å²) in [6.07, 6.45) is -0.866. The molecule has 1 aliphatic carbocycles. The molecule has 2 aromatic rings. The first-order valence-electron chi connectivity index (χ1n) is 7.92. The first kappa shape index (κ1) is 20.5. The van der Waals surface area contributed by atoms with Crippen molar-refractivity contribution in [2.24, 2.45) is 7.05 Å². The summed E-state index contributed by atoms with van der Waals surface area (Å²) >= 11 is 1.83. The maximum absolute atomic E-state index is 14.5. The fourth-order valence-corrected chi connectivity index (χ4v) is 4.45. The third kappa shape index (κ3) is 3.83. The summed E-state index contributed by atoms with van der Waals surface area (Å²) in [7, 11) is -2.85. The molecule has 0 radical (unpaired) electrons. The topological polar surface area (TPSA) is 109 Å². The zero-order valence-electron chi connectivity index (χ0n) is 14.3. The zero-order chi connectivity index (χ0) is 20.8. The molecule has 3 rings (SSSR count). The smallest absolute Gasteiger partial charge is 0.417 e. The second-order valence-corrected chi connectivity index (χ2v) is 9.36. The van der Waals surface area contributed by atoms with E-state index in [0.717, 1.165) is 19.2 Å². The van der Waals surface area contributed by atoms with Crippen molar-refractivity contribution < 1.29 is 27.1 Å². The fraction of sp³-hybridized carbons (Fsp3) is 0.250. The van der Waals surface area contributed by atoms with Crippen LogP contribution in [0, 0.1) is 15.2 Å². The Morgan fingerprint density at radius 1 is 1.29 bits per heavy atom. The van der Waals surface area contributed by atoms with Gasteiger partial charge in [0.2, 0.25) is 10.0 Å². The number of carbonyl (C=O) groups is 1. The van der Waals surface area contributed by atoms with Gasteiger partial charge in [-0.15, -0.1) is 0 Å². The molecule has 1 aliphatic rings. The minimum atomic E-state index is -3.91. The highest BCUT2D eigenvalue weighted by atomic mass is 127. The lowest BCUT2D eigenvalue weighted by Gasteiger charge is -2.25. The predicted molar refractivity (Wildman–Crippen MR) is 106 cm³/mol. The Morgan fingerprint density at radius 3 is 2.46 bits per heavy atom. The molecule has 12 heteroatoms. The summed E-state index contributed by atoms with van der Waals surface area (Å²) in [5.41, 5.74) is -2.12. The Morgan fingerprint density at radius 2 is 1.93 bits per heavy atom. The van der Waals surface area contributed by atoms with Crippen molar-refractivity contribution in [3.05, 3.63) is 49.8 Å². The van der Waals surface area contributed by atoms with E-state index in [9.17, 15) is 31.9 Å². The monoisotopic (exact) mass is 525 g/mol. The molecule has 0 spiro atoms. The van der Waals surface area contributed by atoms with E-state index in [2.05, 4.69) is 4.72 Å². The number of hydrogen-bond acceptors (Lipinski definition) is 4. The molecule has 1 heterocycles. The third-order valence-corrected chi connectivity index (χ3v) is 6.63. The van der Waals surface area contributed by atoms with Crippen LogP contribution in [0.2, 0.25) is 0 Å². The molecule has 0 unspecified atom stereocenters. The zero-order valence-corrected chi connectivity index (χ0v) is 17.3. The van der Waals surface area contributed by atoms with Gasteiger partial charge >= 0.3 is 6.09 Å². The van der Waals surface area contributed by atoms with Crippen molar-refractivity contribution in [1.82, 2.24) is 4.57 Å². The van der Waals surface area contributed by atoms with Crippen molar-refractivity contribution >= 4 is 55.9 Å². The summed E-state index contributed by atoms with van der Waals surface area (Å²) in [6, 6.07) is 4.27. The Hall–Kier alpha value is -2.22. The van der Waals surface area contributed by atoms with Crippen molar-refractivity contribution in [3.8, 4) is 0 Å². The number of hydrogen-bond donors (Lipinski definition) is 2. The number of pyridine rings is 1. The highest BCUT2D eigenvalue weighted by molar-refractivity contribution is 14.1. The fourth-order valence-electron chi connectivity index (χ4n) is 2.62. The molecule has 1 amide bonds. The average molecular weight is 525 g/mol. The van der Waals surface area contributed by atoms with Gasteiger partial charge in [-0.3, -0.25) is 14.1 Å². The van der Waals surface area contributed by atoms with Crippen molar-refractivity contribution in [2.45, 2.75) is 18.1 Å². The van der Waals surface area contributed by atoms with Gasteiger partial charge in [-0.2, -0.15) is 0 Å². The summed E-state index contributed by atoms with van der Waals surface area (Å²) in [6.45, 7) is 0. The van der Waals surface area contributed by atoms with Crippen LogP contribution in [0.15, 0.2) is 29.1 Å². The van der Waals surface area contributed by atoms with Crippen LogP contribution in [-0.4, -0.2) is 29.4 Å². The van der Waals surface area contributed by atoms with Gasteiger partial charge in [0.15, 0.2) is 11.6 Å². The highest BCUT2D eigenvalue weighted by Gasteiger charge is 2.37. The number of amides is 1. The predicted octanol–water partition coefficient (Wildman–Crippen LogP) is 2.99. The molecule has 2 N–H and O–H groups in total. The van der Waals surface area contributed by atoms with Gasteiger partial charge in [0.25, 0.3) is 5.56 Å². The van der Waals surface area contributed by atoms with E-state index in [1.54, 1.807) is 0 Å². The molecule has 0 bridgehead atoms. The van der Waals surface area contributed by atoms with Crippen LogP contribution in [0.3, 0.4) is 0 Å². The summed E-state index contributed by atoms with van der Waals surface area (Å²) < 4.78 is 56.3. The summed E-state index contributed by atoms with van der Waals surface area (Å²) in [5, 5.41) is 8.99. The van der Waals surface area contributed by atoms with Gasteiger partial charge in [-0.05, 0) is 53.6 Å². The average Bonchev–Trinajstić information content (AvgIpc) is 3.42. The number of rotatable bonds is 5. The van der Waals surface area contributed by atoms with Crippen LogP contribution >= 0.6 is 22.6 Å². The minimum Gasteiger partial charge on any atom is -0.464 e. The van der Waals surface area contributed by atoms with E-state index >= 15 is 0 Å². The van der Waals surface area contributed by atoms with Gasteiger partial charge in [-0.1, -0.05) is 0 Å². The van der Waals surface area contributed by atoms with Crippen molar-refractivity contribution in [3.63, 3.8) is 0 Å². The minimum absolute atomic E-state index is 0.400. The Balaban J connectivity index is 2.26. The van der Waals surface area contributed by atoms with E-state index < -0.39 is 55.8 Å². The normalized spacial score (nSPS) is 14.0. The largest absolute Gasteiger partial charge is 0.464 e. The van der Waals surface area contributed by atoms with E-state index in [1.165, 1.54) is 6.07 Å². The molecule has 1 saturated carbocycles. The van der Waals surface area contributed by atoms with Crippen LogP contribution in [0.5, 0.6) is 0 Å². The van der Waals surface area contributed by atoms with Gasteiger partial charge in [0.05, 0.1) is 16.6 Å². The number of benzene rings is 1. The first-order chi connectivity index (χ1) is 13.0. The van der Waals surface area contributed by atoms with Gasteiger partial charge in [0.1, 0.15) is 5.82 Å². The second kappa shape index (κ2) is 7.31. The molecule has 8 nitrogen and oxygen atoms in total. The van der Waals surface area contributed by atoms with E-state index in [4.69, 9.17) is 0 Å². The SMILES string of the molecule is Cn1c(N(C(=O)O)c2ccc(I)cc2F)c(NS(=O)(=O)C2CC2)cc(F)c1=O. The van der Waals surface area contributed by atoms with Crippen molar-refractivity contribution in [2.75, 3.05) is 9.62 Å². The molecule has 0 saturated heterocycles. The number of nitrogens with one attached hydrogen (secondary N) is 1. The van der Waals surface area contributed by atoms with E-state index in [0.29, 0.717) is 31.9 Å². The number of aromatic nitrogens is 1. The molecule has 0 aliphatic heterocycles. The van der Waals surface area contributed by atoms with Gasteiger partial charge < -0.3 is 5.11 Å². The lowest BCUT2D eigenvalue weighted by molar-refractivity contribution is 0.204. The number of halogens is 3. The molecule has 0 atom stereocenters. The lowest BCUT2D eigenvalue weighted by Crippen LogP contribution is -2.34. The first-order valence-corrected chi connectivity index (χ1v) is 10.5. The number of sulfonamides is 1. The maximum atomic E-state index is 14.5. The third-order valence-electron chi connectivity index (χ3n) is 4.11. The Bertz CT molecular complexity index is 1130. The Labute approximate surface area is 172 Å². The molecular formula is C16H14F2IN3O5S. The Kier molecular flexibility index (Phi) is 5.36. The van der Waals surface area contributed by atoms with Crippen molar-refractivity contribution in [1.29, 1.82) is 0 Å². The van der Waals surface area contributed by atoms with Crippen LogP contribution in [-0.2, 0) is 17.1 Å². The van der Waals surface area contributed by atoms with Crippen LogP contribution < -0.4 is 15.2 Å². The molecule has 150 valence electrons. The lowest BCUT2D eigenvalue weighted by atomic mass is 10.2. The summed E-state index contributed by atoms with van der Waals surface area (Å²) in [5.74, 6) is -2.72. The quantitative estimate of drug-likeness (QED) is 0.584. The molecule has 28 heavy (non-hydrogen) atoms. The molecule has 1 aromatic carbocycles. The molecule has 1 fully saturated rings. The van der Waals surface area contributed by atoms with Crippen LogP contribution in [0.25, 0.3) is 0 Å². The van der Waals surface area contributed by atoms with E-state index in [1.807, 2.05) is 22.6 Å². The molecular weight excluding hydrogens is 511 g/mol. The highest BCUT2D eigenvalue weighted by Crippen LogP contribution is 2.36. The van der Waals surface area contributed by atoms with Crippen LogP contribution in [0.1, 0.15) is 12.8 Å². The number of nitrogens with zero attached hydrogens (tertiary/aromatic N) is 2.